The Kier molecular flexibility index (Phi) is 3.91. The van der Waals surface area contributed by atoms with Crippen LogP contribution in [0.25, 0.3) is 0 Å². The van der Waals surface area contributed by atoms with E-state index in [9.17, 15) is 9.59 Å². The number of nitrogens with zero attached hydrogens (tertiary/aromatic N) is 2. The Morgan fingerprint density at radius 2 is 1.82 bits per heavy atom. The molecule has 0 spiro atoms. The van der Waals surface area contributed by atoms with E-state index in [1.54, 1.807) is 9.80 Å². The standard InChI is InChI=1S/C17H23N3O2/c1-11-7-12(2)9-14(8-11)20-6-4-15(17(20)22)16(21)19-5-3-13(18)10-19/h7-9,13,15H,3-6,10,18H2,1-2H3/t13-,15?/m1/s1. The number of hydrogen-bond donors (Lipinski definition) is 1. The lowest BCUT2D eigenvalue weighted by molar-refractivity contribution is -0.139. The third kappa shape index (κ3) is 2.73. The molecule has 2 atom stereocenters. The van der Waals surface area contributed by atoms with E-state index in [4.69, 9.17) is 5.73 Å². The quantitative estimate of drug-likeness (QED) is 0.835. The third-order valence-electron chi connectivity index (χ3n) is 4.56. The van der Waals surface area contributed by atoms with Gasteiger partial charge >= 0.3 is 0 Å². The van der Waals surface area contributed by atoms with Crippen LogP contribution in [0.15, 0.2) is 18.2 Å². The molecule has 0 aliphatic carbocycles. The molecule has 5 nitrogen and oxygen atoms in total. The predicted molar refractivity (Wildman–Crippen MR) is 85.5 cm³/mol. The lowest BCUT2D eigenvalue weighted by atomic mass is 10.1. The molecule has 5 heteroatoms. The number of anilines is 1. The highest BCUT2D eigenvalue weighted by molar-refractivity contribution is 6.09. The van der Waals surface area contributed by atoms with Crippen molar-refractivity contribution in [3.8, 4) is 0 Å². The van der Waals surface area contributed by atoms with Crippen molar-refractivity contribution < 1.29 is 9.59 Å². The van der Waals surface area contributed by atoms with Crippen LogP contribution in [0, 0.1) is 19.8 Å². The van der Waals surface area contributed by atoms with Gasteiger partial charge < -0.3 is 15.5 Å². The molecule has 2 heterocycles. The van der Waals surface area contributed by atoms with E-state index in [0.717, 1.165) is 23.2 Å². The van der Waals surface area contributed by atoms with E-state index in [-0.39, 0.29) is 17.9 Å². The highest BCUT2D eigenvalue weighted by Gasteiger charge is 2.41. The van der Waals surface area contributed by atoms with Gasteiger partial charge in [0.2, 0.25) is 11.8 Å². The van der Waals surface area contributed by atoms with Crippen LogP contribution in [-0.2, 0) is 9.59 Å². The zero-order valence-corrected chi connectivity index (χ0v) is 13.2. The minimum atomic E-state index is -0.536. The minimum Gasteiger partial charge on any atom is -0.340 e. The lowest BCUT2D eigenvalue weighted by Gasteiger charge is -2.21. The number of benzene rings is 1. The number of nitrogens with two attached hydrogens (primary N) is 1. The molecule has 0 aromatic heterocycles. The molecule has 0 radical (unpaired) electrons. The van der Waals surface area contributed by atoms with Crippen LogP contribution >= 0.6 is 0 Å². The average Bonchev–Trinajstić information content (AvgIpc) is 3.03. The predicted octanol–water partition coefficient (Wildman–Crippen LogP) is 1.22. The first-order chi connectivity index (χ1) is 10.5. The van der Waals surface area contributed by atoms with Crippen LogP contribution in [-0.4, -0.2) is 42.4 Å². The summed E-state index contributed by atoms with van der Waals surface area (Å²) in [6.45, 7) is 5.90. The van der Waals surface area contributed by atoms with E-state index in [0.29, 0.717) is 26.1 Å². The molecule has 0 bridgehead atoms. The summed E-state index contributed by atoms with van der Waals surface area (Å²) < 4.78 is 0. The normalized spacial score (nSPS) is 25.1. The maximum absolute atomic E-state index is 12.7. The molecule has 2 aliphatic rings. The summed E-state index contributed by atoms with van der Waals surface area (Å²) in [5.74, 6) is -0.661. The van der Waals surface area contributed by atoms with Gasteiger partial charge in [-0.1, -0.05) is 6.07 Å². The zero-order chi connectivity index (χ0) is 15.9. The van der Waals surface area contributed by atoms with Crippen molar-refractivity contribution in [2.24, 2.45) is 11.7 Å². The van der Waals surface area contributed by atoms with Crippen LogP contribution in [0.1, 0.15) is 24.0 Å². The fourth-order valence-electron chi connectivity index (χ4n) is 3.48. The molecule has 1 aromatic rings. The van der Waals surface area contributed by atoms with Crippen LogP contribution in [0.4, 0.5) is 5.69 Å². The van der Waals surface area contributed by atoms with Gasteiger partial charge in [-0.2, -0.15) is 0 Å². The van der Waals surface area contributed by atoms with Gasteiger partial charge in [0.05, 0.1) is 0 Å². The van der Waals surface area contributed by atoms with Crippen molar-refractivity contribution in [2.45, 2.75) is 32.7 Å². The molecular weight excluding hydrogens is 278 g/mol. The van der Waals surface area contributed by atoms with Gasteiger partial charge in [0.1, 0.15) is 5.92 Å². The molecule has 118 valence electrons. The summed E-state index contributed by atoms with van der Waals surface area (Å²) in [6, 6.07) is 6.14. The second kappa shape index (κ2) is 5.72. The summed E-state index contributed by atoms with van der Waals surface area (Å²) in [7, 11) is 0. The van der Waals surface area contributed by atoms with Gasteiger partial charge in [-0.3, -0.25) is 9.59 Å². The first-order valence-corrected chi connectivity index (χ1v) is 7.90. The van der Waals surface area contributed by atoms with E-state index >= 15 is 0 Å². The SMILES string of the molecule is Cc1cc(C)cc(N2CCC(C(=O)N3CC[C@@H](N)C3)C2=O)c1. The second-order valence-corrected chi connectivity index (χ2v) is 6.51. The Morgan fingerprint density at radius 1 is 1.14 bits per heavy atom. The van der Waals surface area contributed by atoms with Crippen molar-refractivity contribution in [3.05, 3.63) is 29.3 Å². The summed E-state index contributed by atoms with van der Waals surface area (Å²) >= 11 is 0. The number of carbonyl (C=O) groups excluding carboxylic acids is 2. The van der Waals surface area contributed by atoms with Gasteiger partial charge in [-0.25, -0.2) is 0 Å². The summed E-state index contributed by atoms with van der Waals surface area (Å²) in [5.41, 5.74) is 9.01. The van der Waals surface area contributed by atoms with Crippen molar-refractivity contribution >= 4 is 17.5 Å². The number of aryl methyl sites for hydroxylation is 2. The molecule has 3 rings (SSSR count). The maximum atomic E-state index is 12.7. The Balaban J connectivity index is 1.76. The van der Waals surface area contributed by atoms with Crippen LogP contribution in [0.5, 0.6) is 0 Å². The summed E-state index contributed by atoms with van der Waals surface area (Å²) in [5, 5.41) is 0. The minimum absolute atomic E-state index is 0.0511. The largest absolute Gasteiger partial charge is 0.340 e. The van der Waals surface area contributed by atoms with Crippen molar-refractivity contribution in [2.75, 3.05) is 24.5 Å². The summed E-state index contributed by atoms with van der Waals surface area (Å²) in [4.78, 5) is 28.7. The zero-order valence-electron chi connectivity index (χ0n) is 13.2. The van der Waals surface area contributed by atoms with Crippen molar-refractivity contribution in [1.29, 1.82) is 0 Å². The third-order valence-corrected chi connectivity index (χ3v) is 4.56. The molecular formula is C17H23N3O2. The van der Waals surface area contributed by atoms with Crippen LogP contribution < -0.4 is 10.6 Å². The Hall–Kier alpha value is -1.88. The Morgan fingerprint density at radius 3 is 2.41 bits per heavy atom. The van der Waals surface area contributed by atoms with Gasteiger partial charge in [-0.05, 0) is 49.9 Å². The second-order valence-electron chi connectivity index (χ2n) is 6.51. The first-order valence-electron chi connectivity index (χ1n) is 7.90. The lowest BCUT2D eigenvalue weighted by Crippen LogP contribution is -2.40. The molecule has 1 unspecified atom stereocenters. The monoisotopic (exact) mass is 301 g/mol. The Bertz CT molecular complexity index is 594. The van der Waals surface area contributed by atoms with E-state index in [1.807, 2.05) is 26.0 Å². The smallest absolute Gasteiger partial charge is 0.239 e. The number of rotatable bonds is 2. The molecule has 1 aromatic carbocycles. The highest BCUT2D eigenvalue weighted by atomic mass is 16.2. The van der Waals surface area contributed by atoms with Crippen molar-refractivity contribution in [1.82, 2.24) is 4.90 Å². The Labute approximate surface area is 131 Å². The maximum Gasteiger partial charge on any atom is 0.239 e. The molecule has 2 saturated heterocycles. The molecule has 2 N–H and O–H groups in total. The summed E-state index contributed by atoms with van der Waals surface area (Å²) in [6.07, 6.45) is 1.42. The molecule has 0 saturated carbocycles. The average molecular weight is 301 g/mol. The molecule has 2 aliphatic heterocycles. The first kappa shape index (κ1) is 15.0. The van der Waals surface area contributed by atoms with E-state index in [2.05, 4.69) is 6.07 Å². The van der Waals surface area contributed by atoms with E-state index < -0.39 is 5.92 Å². The number of hydrogen-bond acceptors (Lipinski definition) is 3. The van der Waals surface area contributed by atoms with Gasteiger partial charge in [0, 0.05) is 31.4 Å². The number of likely N-dealkylation sites (tertiary alicyclic amines) is 1. The van der Waals surface area contributed by atoms with Crippen molar-refractivity contribution in [3.63, 3.8) is 0 Å². The molecule has 22 heavy (non-hydrogen) atoms. The fourth-order valence-corrected chi connectivity index (χ4v) is 3.48. The van der Waals surface area contributed by atoms with Crippen LogP contribution in [0.2, 0.25) is 0 Å². The molecule has 2 amide bonds. The van der Waals surface area contributed by atoms with Crippen LogP contribution in [0.3, 0.4) is 0 Å². The van der Waals surface area contributed by atoms with E-state index in [1.165, 1.54) is 0 Å². The number of amides is 2. The number of carbonyl (C=O) groups is 2. The highest BCUT2D eigenvalue weighted by Crippen LogP contribution is 2.28. The van der Waals surface area contributed by atoms with Gasteiger partial charge in [0.15, 0.2) is 0 Å². The fraction of sp³-hybridized carbons (Fsp3) is 0.529. The molecule has 2 fully saturated rings. The van der Waals surface area contributed by atoms with Gasteiger partial charge in [0.25, 0.3) is 0 Å². The topological polar surface area (TPSA) is 66.6 Å². The van der Waals surface area contributed by atoms with Gasteiger partial charge in [-0.15, -0.1) is 0 Å².